The summed E-state index contributed by atoms with van der Waals surface area (Å²) in [6.07, 6.45) is -8.57. The van der Waals surface area contributed by atoms with Crippen LogP contribution in [0.25, 0.3) is 0 Å². The first kappa shape index (κ1) is 25.9. The van der Waals surface area contributed by atoms with E-state index in [9.17, 15) is 41.3 Å². The van der Waals surface area contributed by atoms with Gasteiger partial charge in [-0.05, 0) is 43.2 Å². The molecule has 2 aromatic carbocycles. The molecule has 12 heteroatoms. The van der Waals surface area contributed by atoms with Crippen LogP contribution in [0.4, 0.5) is 37.7 Å². The zero-order valence-corrected chi connectivity index (χ0v) is 18.0. The molecule has 0 saturated carbocycles. The molecule has 1 fully saturated rings. The average Bonchev–Trinajstić information content (AvgIpc) is 2.80. The lowest BCUT2D eigenvalue weighted by Gasteiger charge is -2.32. The highest BCUT2D eigenvalue weighted by molar-refractivity contribution is 5.79. The van der Waals surface area contributed by atoms with Crippen molar-refractivity contribution < 1.29 is 36.1 Å². The molecule has 0 atom stereocenters. The third-order valence-electron chi connectivity index (χ3n) is 5.48. The second-order valence-electron chi connectivity index (χ2n) is 7.82. The van der Waals surface area contributed by atoms with Gasteiger partial charge in [-0.15, -0.1) is 0 Å². The van der Waals surface area contributed by atoms with E-state index in [4.69, 9.17) is 0 Å². The summed E-state index contributed by atoms with van der Waals surface area (Å²) in [5, 5.41) is 13.9. The van der Waals surface area contributed by atoms with Crippen LogP contribution >= 0.6 is 0 Å². The molecule has 1 aliphatic heterocycles. The molecule has 0 radical (unpaired) electrons. The van der Waals surface area contributed by atoms with Crippen LogP contribution in [0, 0.1) is 27.9 Å². The molecule has 2 aromatic rings. The van der Waals surface area contributed by atoms with Crippen LogP contribution in [0.1, 0.15) is 29.5 Å². The van der Waals surface area contributed by atoms with Crippen molar-refractivity contribution in [1.29, 1.82) is 0 Å². The Kier molecular flexibility index (Phi) is 7.57. The van der Waals surface area contributed by atoms with Gasteiger partial charge in [-0.2, -0.15) is 26.3 Å². The van der Waals surface area contributed by atoms with Gasteiger partial charge in [0, 0.05) is 30.6 Å². The molecular weight excluding hydrogens is 480 g/mol. The summed E-state index contributed by atoms with van der Waals surface area (Å²) >= 11 is 0. The molecule has 0 aliphatic carbocycles. The first-order valence-electron chi connectivity index (χ1n) is 10.4. The van der Waals surface area contributed by atoms with Gasteiger partial charge in [-0.25, -0.2) is 0 Å². The Morgan fingerprint density at radius 1 is 1.03 bits per heavy atom. The maximum absolute atomic E-state index is 12.9. The fraction of sp³-hybridized carbons (Fsp3) is 0.348. The normalized spacial score (nSPS) is 14.7. The third kappa shape index (κ3) is 6.65. The maximum Gasteiger partial charge on any atom is 0.416 e. The van der Waals surface area contributed by atoms with E-state index in [1.165, 1.54) is 12.1 Å². The van der Waals surface area contributed by atoms with Crippen LogP contribution in [-0.4, -0.2) is 30.5 Å². The smallest absolute Gasteiger partial charge is 0.366 e. The number of hydrogen-bond acceptors (Lipinski definition) is 4. The number of halogens is 6. The van der Waals surface area contributed by atoms with Crippen molar-refractivity contribution in [3.05, 3.63) is 69.3 Å². The molecule has 3 rings (SSSR count). The molecule has 6 nitrogen and oxygen atoms in total. The number of anilines is 1. The summed E-state index contributed by atoms with van der Waals surface area (Å²) in [6.45, 7) is 0.361. The van der Waals surface area contributed by atoms with Gasteiger partial charge in [0.1, 0.15) is 5.69 Å². The lowest BCUT2D eigenvalue weighted by molar-refractivity contribution is -0.384. The van der Waals surface area contributed by atoms with Crippen LogP contribution in [0.15, 0.2) is 42.5 Å². The van der Waals surface area contributed by atoms with Crippen molar-refractivity contribution in [2.75, 3.05) is 24.5 Å². The Morgan fingerprint density at radius 3 is 2.26 bits per heavy atom. The number of nitrogens with zero attached hydrogens (tertiary/aromatic N) is 2. The molecule has 0 spiro atoms. The third-order valence-corrected chi connectivity index (χ3v) is 5.48. The molecule has 0 aromatic heterocycles. The number of nitro benzene ring substituents is 1. The lowest BCUT2D eigenvalue weighted by Crippen LogP contribution is -2.40. The van der Waals surface area contributed by atoms with E-state index in [1.807, 2.05) is 0 Å². The van der Waals surface area contributed by atoms with E-state index in [-0.39, 0.29) is 36.8 Å². The quantitative estimate of drug-likeness (QED) is 0.278. The average molecular weight is 499 g/mol. The standard InChI is InChI=1S/C23H19F6N3O3/c24-22(25,26)17-5-1-3-15(13-17)4-2-10-30-21(33)16-8-11-31(12-9-16)19-7-6-18(23(27,28)29)14-20(19)32(34)35/h1,3,5-7,13-14,16H,8-12H2,(H,30,33). The van der Waals surface area contributed by atoms with Gasteiger partial charge in [-0.3, -0.25) is 14.9 Å². The van der Waals surface area contributed by atoms with Gasteiger partial charge in [-0.1, -0.05) is 17.9 Å². The number of nitrogens with one attached hydrogen (secondary N) is 1. The molecule has 1 aliphatic rings. The van der Waals surface area contributed by atoms with Crippen molar-refractivity contribution in [2.45, 2.75) is 25.2 Å². The Hall–Kier alpha value is -3.75. The zero-order chi connectivity index (χ0) is 25.8. The fourth-order valence-electron chi connectivity index (χ4n) is 3.69. The van der Waals surface area contributed by atoms with Crippen molar-refractivity contribution in [3.8, 4) is 11.8 Å². The predicted octanol–water partition coefficient (Wildman–Crippen LogP) is 5.02. The van der Waals surface area contributed by atoms with Crippen LogP contribution in [0.5, 0.6) is 0 Å². The van der Waals surface area contributed by atoms with Crippen molar-refractivity contribution >= 4 is 17.3 Å². The number of alkyl halides is 6. The fourth-order valence-corrected chi connectivity index (χ4v) is 3.69. The number of benzene rings is 2. The summed E-state index contributed by atoms with van der Waals surface area (Å²) in [4.78, 5) is 24.4. The summed E-state index contributed by atoms with van der Waals surface area (Å²) in [5.74, 6) is 4.39. The minimum Gasteiger partial charge on any atom is -0.366 e. The Bertz CT molecular complexity index is 1160. The molecule has 1 amide bonds. The molecular formula is C23H19F6N3O3. The van der Waals surface area contributed by atoms with Crippen molar-refractivity contribution in [2.24, 2.45) is 5.92 Å². The van der Waals surface area contributed by atoms with Crippen LogP contribution in [0.3, 0.4) is 0 Å². The first-order chi connectivity index (χ1) is 16.4. The second-order valence-corrected chi connectivity index (χ2v) is 7.82. The largest absolute Gasteiger partial charge is 0.416 e. The van der Waals surface area contributed by atoms with Crippen LogP contribution in [0.2, 0.25) is 0 Å². The highest BCUT2D eigenvalue weighted by Crippen LogP contribution is 2.37. The number of rotatable bonds is 4. The minimum atomic E-state index is -4.71. The number of amides is 1. The van der Waals surface area contributed by atoms with E-state index >= 15 is 0 Å². The maximum atomic E-state index is 12.9. The van der Waals surface area contributed by atoms with Gasteiger partial charge < -0.3 is 10.2 Å². The molecule has 186 valence electrons. The number of carbonyl (C=O) groups excluding carboxylic acids is 1. The molecule has 1 N–H and O–H groups in total. The molecule has 0 bridgehead atoms. The van der Waals surface area contributed by atoms with Crippen LogP contribution in [-0.2, 0) is 17.1 Å². The number of carbonyl (C=O) groups is 1. The number of hydrogen-bond donors (Lipinski definition) is 1. The van der Waals surface area contributed by atoms with E-state index < -0.39 is 40.0 Å². The second kappa shape index (κ2) is 10.2. The minimum absolute atomic E-state index is 0.0498. The van der Waals surface area contributed by atoms with Crippen LogP contribution < -0.4 is 10.2 Å². The number of piperidine rings is 1. The summed E-state index contributed by atoms with van der Waals surface area (Å²) in [5.41, 5.74) is -2.40. The van der Waals surface area contributed by atoms with E-state index in [1.54, 1.807) is 4.90 Å². The lowest BCUT2D eigenvalue weighted by atomic mass is 9.95. The van der Waals surface area contributed by atoms with Gasteiger partial charge in [0.25, 0.3) is 5.69 Å². The summed E-state index contributed by atoms with van der Waals surface area (Å²) in [6, 6.07) is 6.83. The van der Waals surface area contributed by atoms with Crippen molar-refractivity contribution in [1.82, 2.24) is 5.32 Å². The first-order valence-corrected chi connectivity index (χ1v) is 10.4. The zero-order valence-electron chi connectivity index (χ0n) is 18.0. The monoisotopic (exact) mass is 499 g/mol. The number of nitro groups is 1. The Morgan fingerprint density at radius 2 is 1.66 bits per heavy atom. The Labute approximate surface area is 196 Å². The molecule has 1 saturated heterocycles. The van der Waals surface area contributed by atoms with Gasteiger partial charge >= 0.3 is 12.4 Å². The van der Waals surface area contributed by atoms with E-state index in [0.29, 0.717) is 18.9 Å². The predicted molar refractivity (Wildman–Crippen MR) is 114 cm³/mol. The highest BCUT2D eigenvalue weighted by atomic mass is 19.4. The van der Waals surface area contributed by atoms with Gasteiger partial charge in [0.05, 0.1) is 22.6 Å². The molecule has 35 heavy (non-hydrogen) atoms. The molecule has 0 unspecified atom stereocenters. The summed E-state index contributed by atoms with van der Waals surface area (Å²) in [7, 11) is 0. The highest BCUT2D eigenvalue weighted by Gasteiger charge is 2.35. The SMILES string of the molecule is O=C(NCC#Cc1cccc(C(F)(F)F)c1)C1CCN(c2ccc(C(F)(F)F)cc2[N+](=O)[O-])CC1. The Balaban J connectivity index is 1.56. The van der Waals surface area contributed by atoms with Gasteiger partial charge in [0.15, 0.2) is 0 Å². The van der Waals surface area contributed by atoms with E-state index in [0.717, 1.165) is 24.3 Å². The molecule has 1 heterocycles. The van der Waals surface area contributed by atoms with E-state index in [2.05, 4.69) is 17.2 Å². The van der Waals surface area contributed by atoms with Crippen molar-refractivity contribution in [3.63, 3.8) is 0 Å². The topological polar surface area (TPSA) is 75.5 Å². The summed E-state index contributed by atoms with van der Waals surface area (Å²) < 4.78 is 76.9. The van der Waals surface area contributed by atoms with Gasteiger partial charge in [0.2, 0.25) is 5.91 Å².